The molecule has 0 radical (unpaired) electrons. The summed E-state index contributed by atoms with van der Waals surface area (Å²) in [6, 6.07) is 3.16. The third-order valence-corrected chi connectivity index (χ3v) is 6.55. The zero-order valence-electron chi connectivity index (χ0n) is 17.2. The Morgan fingerprint density at radius 2 is 2.00 bits per heavy atom. The zero-order valence-corrected chi connectivity index (χ0v) is 17.2. The first kappa shape index (κ1) is 20.2. The van der Waals surface area contributed by atoms with E-state index in [1.165, 1.54) is 23.9 Å². The van der Waals surface area contributed by atoms with Crippen molar-refractivity contribution in [3.05, 3.63) is 34.1 Å². The highest BCUT2D eigenvalue weighted by Gasteiger charge is 2.41. The molecule has 2 saturated carbocycles. The fraction of sp³-hybridized carbons (Fsp3) is 0.545. The predicted molar refractivity (Wildman–Crippen MR) is 112 cm³/mol. The van der Waals surface area contributed by atoms with Gasteiger partial charge in [-0.05, 0) is 25.0 Å². The minimum Gasteiger partial charge on any atom is -0.492 e. The van der Waals surface area contributed by atoms with E-state index < -0.39 is 35.3 Å². The molecule has 4 atom stereocenters. The molecule has 0 unspecified atom stereocenters. The Morgan fingerprint density at radius 3 is 2.61 bits per heavy atom. The maximum Gasteiger partial charge on any atom is 0.341 e. The number of aromatic carboxylic acids is 1. The lowest BCUT2D eigenvalue weighted by Crippen LogP contribution is -2.30. The Labute approximate surface area is 177 Å². The SMILES string of the molecule is COc1c(N2C[C@@H](CNC3CC3)[C@H](F)C2)ccc2c(=O)c(C(=O)O)cn([C@@H]3C[C@@H]3F)c12. The molecule has 9 heteroatoms. The molecule has 166 valence electrons. The van der Waals surface area contributed by atoms with Crippen LogP contribution in [0.25, 0.3) is 10.9 Å². The number of benzene rings is 1. The van der Waals surface area contributed by atoms with Gasteiger partial charge in [-0.2, -0.15) is 0 Å². The lowest BCUT2D eigenvalue weighted by atomic mass is 10.1. The number of ether oxygens (including phenoxy) is 1. The van der Waals surface area contributed by atoms with Crippen molar-refractivity contribution in [2.45, 2.75) is 43.7 Å². The maximum absolute atomic E-state index is 14.7. The Bertz CT molecular complexity index is 1100. The highest BCUT2D eigenvalue weighted by molar-refractivity contribution is 5.97. The number of carbonyl (C=O) groups is 1. The van der Waals surface area contributed by atoms with Gasteiger partial charge in [0, 0.05) is 44.2 Å². The van der Waals surface area contributed by atoms with Crippen molar-refractivity contribution in [3.8, 4) is 5.75 Å². The summed E-state index contributed by atoms with van der Waals surface area (Å²) in [4.78, 5) is 26.2. The van der Waals surface area contributed by atoms with Crippen LogP contribution in [0.3, 0.4) is 0 Å². The molecule has 3 aliphatic rings. The fourth-order valence-electron chi connectivity index (χ4n) is 4.54. The van der Waals surface area contributed by atoms with Crippen molar-refractivity contribution < 1.29 is 23.4 Å². The van der Waals surface area contributed by atoms with Gasteiger partial charge in [-0.25, -0.2) is 13.6 Å². The number of fused-ring (bicyclic) bond motifs is 1. The number of pyridine rings is 1. The molecule has 1 aromatic heterocycles. The highest BCUT2D eigenvalue weighted by atomic mass is 19.1. The van der Waals surface area contributed by atoms with Crippen molar-refractivity contribution in [2.24, 2.45) is 5.92 Å². The van der Waals surface area contributed by atoms with Gasteiger partial charge in [-0.1, -0.05) is 0 Å². The maximum atomic E-state index is 14.7. The molecule has 1 aromatic carbocycles. The van der Waals surface area contributed by atoms with Gasteiger partial charge in [-0.15, -0.1) is 0 Å². The molecule has 7 nitrogen and oxygen atoms in total. The van der Waals surface area contributed by atoms with Crippen LogP contribution in [0, 0.1) is 5.92 Å². The minimum atomic E-state index is -1.36. The van der Waals surface area contributed by atoms with Gasteiger partial charge in [0.25, 0.3) is 0 Å². The number of methoxy groups -OCH3 is 1. The van der Waals surface area contributed by atoms with Gasteiger partial charge in [0.15, 0.2) is 5.75 Å². The molecule has 2 heterocycles. The highest BCUT2D eigenvalue weighted by Crippen LogP contribution is 2.45. The van der Waals surface area contributed by atoms with E-state index in [0.29, 0.717) is 36.1 Å². The van der Waals surface area contributed by atoms with Gasteiger partial charge >= 0.3 is 5.97 Å². The predicted octanol–water partition coefficient (Wildman–Crippen LogP) is 2.52. The Hall–Kier alpha value is -2.68. The average molecular weight is 433 g/mol. The van der Waals surface area contributed by atoms with Gasteiger partial charge < -0.3 is 24.6 Å². The van der Waals surface area contributed by atoms with Crippen LogP contribution in [0.4, 0.5) is 14.5 Å². The normalized spacial score (nSPS) is 27.6. The number of carboxylic acids is 1. The van der Waals surface area contributed by atoms with E-state index in [9.17, 15) is 23.5 Å². The summed E-state index contributed by atoms with van der Waals surface area (Å²) in [6.07, 6.45) is 1.61. The van der Waals surface area contributed by atoms with Crippen molar-refractivity contribution in [3.63, 3.8) is 0 Å². The van der Waals surface area contributed by atoms with E-state index in [4.69, 9.17) is 4.74 Å². The van der Waals surface area contributed by atoms with Crippen LogP contribution in [-0.4, -0.2) is 60.8 Å². The molecule has 2 aromatic rings. The van der Waals surface area contributed by atoms with Gasteiger partial charge in [0.1, 0.15) is 17.9 Å². The molecule has 5 rings (SSSR count). The Morgan fingerprint density at radius 1 is 1.26 bits per heavy atom. The average Bonchev–Trinajstić information content (AvgIpc) is 3.66. The van der Waals surface area contributed by atoms with Crippen LogP contribution in [-0.2, 0) is 0 Å². The van der Waals surface area contributed by atoms with Crippen molar-refractivity contribution in [2.75, 3.05) is 31.6 Å². The Balaban J connectivity index is 1.58. The second-order valence-corrected chi connectivity index (χ2v) is 8.78. The van der Waals surface area contributed by atoms with Crippen molar-refractivity contribution >= 4 is 22.6 Å². The first-order chi connectivity index (χ1) is 14.9. The van der Waals surface area contributed by atoms with E-state index in [-0.39, 0.29) is 24.3 Å². The first-order valence-corrected chi connectivity index (χ1v) is 10.6. The quantitative estimate of drug-likeness (QED) is 0.698. The molecule has 3 fully saturated rings. The minimum absolute atomic E-state index is 0.155. The molecular formula is C22H25F2N3O4. The van der Waals surface area contributed by atoms with Crippen molar-refractivity contribution in [1.29, 1.82) is 0 Å². The van der Waals surface area contributed by atoms with E-state index in [1.807, 2.05) is 4.90 Å². The lowest BCUT2D eigenvalue weighted by Gasteiger charge is -2.24. The molecule has 1 saturated heterocycles. The summed E-state index contributed by atoms with van der Waals surface area (Å²) < 4.78 is 35.8. The second-order valence-electron chi connectivity index (χ2n) is 8.78. The lowest BCUT2D eigenvalue weighted by molar-refractivity contribution is 0.0694. The fourth-order valence-corrected chi connectivity index (χ4v) is 4.54. The van der Waals surface area contributed by atoms with Crippen LogP contribution >= 0.6 is 0 Å². The van der Waals surface area contributed by atoms with Crippen LogP contribution in [0.2, 0.25) is 0 Å². The summed E-state index contributed by atoms with van der Waals surface area (Å²) in [5.41, 5.74) is -0.0671. The number of carboxylic acid groups (broad SMARTS) is 1. The van der Waals surface area contributed by atoms with E-state index >= 15 is 0 Å². The van der Waals surface area contributed by atoms with Crippen molar-refractivity contribution in [1.82, 2.24) is 9.88 Å². The monoisotopic (exact) mass is 433 g/mol. The molecule has 31 heavy (non-hydrogen) atoms. The van der Waals surface area contributed by atoms with Crippen LogP contribution < -0.4 is 20.4 Å². The van der Waals surface area contributed by atoms with E-state index in [2.05, 4.69) is 5.32 Å². The third-order valence-electron chi connectivity index (χ3n) is 6.55. The summed E-state index contributed by atoms with van der Waals surface area (Å²) in [5, 5.41) is 13.0. The van der Waals surface area contributed by atoms with E-state index in [0.717, 1.165) is 12.8 Å². The number of aromatic nitrogens is 1. The smallest absolute Gasteiger partial charge is 0.341 e. The summed E-state index contributed by atoms with van der Waals surface area (Å²) >= 11 is 0. The Kier molecular flexibility index (Phi) is 4.88. The molecular weight excluding hydrogens is 408 g/mol. The van der Waals surface area contributed by atoms with Gasteiger partial charge in [0.05, 0.1) is 29.7 Å². The standard InChI is InChI=1S/C22H25F2N3O4/c1-31-21-17(26-8-11(16(24)10-26)7-25-12-2-3-12)5-4-13-19(21)27(18-6-15(18)23)9-14(20(13)28)22(29)30/h4-5,9,11-12,15-16,18,25H,2-3,6-8,10H2,1H3,(H,29,30)/t11-,15+,16-,18-/m1/s1. The molecule has 2 N–H and O–H groups in total. The van der Waals surface area contributed by atoms with Gasteiger partial charge in [-0.3, -0.25) is 4.79 Å². The molecule has 0 amide bonds. The number of anilines is 1. The number of nitrogens with zero attached hydrogens (tertiary/aromatic N) is 2. The summed E-state index contributed by atoms with van der Waals surface area (Å²) in [7, 11) is 1.45. The van der Waals surface area contributed by atoms with Crippen LogP contribution in [0.15, 0.2) is 23.1 Å². The molecule has 0 spiro atoms. The first-order valence-electron chi connectivity index (χ1n) is 10.6. The van der Waals surface area contributed by atoms with E-state index in [1.54, 1.807) is 6.07 Å². The molecule has 2 aliphatic carbocycles. The topological polar surface area (TPSA) is 83.8 Å². The summed E-state index contributed by atoms with van der Waals surface area (Å²) in [5.74, 6) is -1.17. The summed E-state index contributed by atoms with van der Waals surface area (Å²) in [6.45, 7) is 1.30. The number of halogens is 2. The third kappa shape index (κ3) is 3.54. The largest absolute Gasteiger partial charge is 0.492 e. The number of hydrogen-bond acceptors (Lipinski definition) is 5. The number of hydrogen-bond donors (Lipinski definition) is 2. The van der Waals surface area contributed by atoms with Gasteiger partial charge in [0.2, 0.25) is 5.43 Å². The molecule has 1 aliphatic heterocycles. The number of nitrogens with one attached hydrogen (secondary N) is 1. The number of rotatable bonds is 7. The van der Waals surface area contributed by atoms with Crippen LogP contribution in [0.1, 0.15) is 35.7 Å². The molecule has 0 bridgehead atoms. The zero-order chi connectivity index (χ0) is 21.9. The van der Waals surface area contributed by atoms with Crippen LogP contribution in [0.5, 0.6) is 5.75 Å². The second kappa shape index (κ2) is 7.47. The number of alkyl halides is 2.